The second-order valence-corrected chi connectivity index (χ2v) is 10.4. The topological polar surface area (TPSA) is 142 Å². The number of nitrogens with two attached hydrogens (primary N) is 1. The number of nitrogen functional groups attached to an aromatic ring is 1. The fourth-order valence-corrected chi connectivity index (χ4v) is 5.07. The Hall–Kier alpha value is -4.42. The highest BCUT2D eigenvalue weighted by Gasteiger charge is 2.23. The molecule has 0 saturated carbocycles. The summed E-state index contributed by atoms with van der Waals surface area (Å²) in [6, 6.07) is 9.89. The van der Waals surface area contributed by atoms with Crippen molar-refractivity contribution in [1.29, 1.82) is 0 Å². The van der Waals surface area contributed by atoms with E-state index in [1.807, 2.05) is 54.0 Å². The normalized spacial score (nSPS) is 16.3. The molecular weight excluding hydrogens is 510 g/mol. The van der Waals surface area contributed by atoms with Crippen molar-refractivity contribution in [2.24, 2.45) is 5.92 Å². The molecule has 0 unspecified atom stereocenters. The summed E-state index contributed by atoms with van der Waals surface area (Å²) in [7, 11) is 0. The second kappa shape index (κ2) is 11.8. The molecule has 1 aromatic carbocycles. The van der Waals surface area contributed by atoms with Crippen molar-refractivity contribution >= 4 is 40.9 Å². The average molecular weight is 548 g/mol. The van der Waals surface area contributed by atoms with Crippen LogP contribution in [0.5, 0.6) is 0 Å². The number of nitrogens with zero attached hydrogens (tertiary/aromatic N) is 9. The summed E-state index contributed by atoms with van der Waals surface area (Å²) in [4.78, 5) is 45.4. The number of amides is 2. The lowest BCUT2D eigenvalue weighted by Crippen LogP contribution is -2.49. The van der Waals surface area contributed by atoms with Crippen molar-refractivity contribution < 1.29 is 9.59 Å². The van der Waals surface area contributed by atoms with Gasteiger partial charge in [-0.25, -0.2) is 9.97 Å². The van der Waals surface area contributed by atoms with Gasteiger partial charge in [-0.2, -0.15) is 9.67 Å². The zero-order valence-corrected chi connectivity index (χ0v) is 23.3. The summed E-state index contributed by atoms with van der Waals surface area (Å²) in [6.07, 6.45) is 2.36. The Morgan fingerprint density at radius 3 is 2.25 bits per heavy atom. The molecule has 40 heavy (non-hydrogen) atoms. The van der Waals surface area contributed by atoms with Crippen LogP contribution in [0.3, 0.4) is 0 Å². The first kappa shape index (κ1) is 27.2. The molecule has 2 fully saturated rings. The monoisotopic (exact) mass is 547 g/mol. The summed E-state index contributed by atoms with van der Waals surface area (Å²) in [5.41, 5.74) is 8.14. The molecule has 0 spiro atoms. The first-order chi connectivity index (χ1) is 19.3. The highest BCUT2D eigenvalue weighted by molar-refractivity contribution is 5.78. The lowest BCUT2D eigenvalue weighted by atomic mass is 10.1. The molecule has 2 aromatic heterocycles. The molecule has 2 amide bonds. The maximum atomic E-state index is 12.3. The summed E-state index contributed by atoms with van der Waals surface area (Å²) < 4.78 is 1.49. The van der Waals surface area contributed by atoms with E-state index in [0.717, 1.165) is 62.9 Å². The van der Waals surface area contributed by atoms with Crippen LogP contribution >= 0.6 is 0 Å². The largest absolute Gasteiger partial charge is 0.368 e. The number of carbonyl (C=O) groups excluding carboxylic acids is 2. The third-order valence-electron chi connectivity index (χ3n) is 7.33. The Labute approximate surface area is 234 Å². The van der Waals surface area contributed by atoms with Crippen molar-refractivity contribution in [1.82, 2.24) is 34.5 Å². The van der Waals surface area contributed by atoms with Gasteiger partial charge < -0.3 is 30.7 Å². The Kier molecular flexibility index (Phi) is 7.99. The molecule has 5 rings (SSSR count). The van der Waals surface area contributed by atoms with Crippen molar-refractivity contribution in [3.63, 3.8) is 0 Å². The minimum atomic E-state index is 0.0266. The zero-order chi connectivity index (χ0) is 28.2. The van der Waals surface area contributed by atoms with E-state index in [9.17, 15) is 9.59 Å². The van der Waals surface area contributed by atoms with E-state index in [1.165, 1.54) is 11.0 Å². The van der Waals surface area contributed by atoms with Gasteiger partial charge in [0.15, 0.2) is 5.82 Å². The summed E-state index contributed by atoms with van der Waals surface area (Å²) >= 11 is 0. The summed E-state index contributed by atoms with van der Waals surface area (Å²) in [5, 5.41) is 7.74. The molecule has 0 aliphatic carbocycles. The highest BCUT2D eigenvalue weighted by Crippen LogP contribution is 2.23. The Bertz CT molecular complexity index is 1330. The van der Waals surface area contributed by atoms with E-state index in [1.54, 1.807) is 6.92 Å². The van der Waals surface area contributed by atoms with E-state index >= 15 is 0 Å². The van der Waals surface area contributed by atoms with Crippen molar-refractivity contribution in [3.8, 4) is 5.82 Å². The fourth-order valence-electron chi connectivity index (χ4n) is 5.07. The molecule has 212 valence electrons. The standard InChI is InChI=1S/C27H37N11O2/c1-19(2)25(40)37-15-12-35(13-16-37)22-7-5-21(6-8-22)31-27-32-26(28)38(33-27)24-17-23(29-18-30-24)36-10-4-9-34(11-14-36)20(3)39/h5-8,17-19H,4,9-16H2,1-3H3,(H3,28,31,32,33). The predicted octanol–water partition coefficient (Wildman–Crippen LogP) is 1.75. The number of anilines is 5. The SMILES string of the molecule is CC(=O)N1CCCN(c2cc(-n3nc(Nc4ccc(N5CCN(C(=O)C(C)C)CC5)cc4)nc3N)ncn2)CC1. The van der Waals surface area contributed by atoms with Gasteiger partial charge in [0.05, 0.1) is 0 Å². The van der Waals surface area contributed by atoms with Gasteiger partial charge in [-0.3, -0.25) is 9.59 Å². The molecular formula is C27H37N11O2. The molecule has 0 bridgehead atoms. The van der Waals surface area contributed by atoms with E-state index < -0.39 is 0 Å². The zero-order valence-electron chi connectivity index (χ0n) is 23.3. The highest BCUT2D eigenvalue weighted by atomic mass is 16.2. The van der Waals surface area contributed by atoms with Gasteiger partial charge in [0.25, 0.3) is 0 Å². The second-order valence-electron chi connectivity index (χ2n) is 10.4. The van der Waals surface area contributed by atoms with Gasteiger partial charge in [0.1, 0.15) is 12.1 Å². The number of hydrogen-bond acceptors (Lipinski definition) is 10. The molecule has 13 nitrogen and oxygen atoms in total. The summed E-state index contributed by atoms with van der Waals surface area (Å²) in [6.45, 7) is 11.4. The molecule has 2 aliphatic rings. The van der Waals surface area contributed by atoms with Crippen LogP contribution < -0.4 is 20.9 Å². The Morgan fingerprint density at radius 1 is 0.875 bits per heavy atom. The smallest absolute Gasteiger partial charge is 0.248 e. The molecule has 3 aromatic rings. The van der Waals surface area contributed by atoms with Crippen LogP contribution in [0.25, 0.3) is 5.82 Å². The molecule has 3 N–H and O–H groups in total. The maximum absolute atomic E-state index is 12.3. The van der Waals surface area contributed by atoms with Gasteiger partial charge in [-0.1, -0.05) is 13.8 Å². The number of aromatic nitrogens is 5. The van der Waals surface area contributed by atoms with E-state index in [-0.39, 0.29) is 23.7 Å². The lowest BCUT2D eigenvalue weighted by molar-refractivity contribution is -0.134. The van der Waals surface area contributed by atoms with Gasteiger partial charge in [0, 0.05) is 82.6 Å². The van der Waals surface area contributed by atoms with Gasteiger partial charge in [-0.15, -0.1) is 5.10 Å². The molecule has 2 saturated heterocycles. The fraction of sp³-hybridized carbons (Fsp3) is 0.481. The van der Waals surface area contributed by atoms with Crippen LogP contribution in [0.15, 0.2) is 36.7 Å². The number of rotatable bonds is 6. The van der Waals surface area contributed by atoms with E-state index in [2.05, 4.69) is 35.2 Å². The summed E-state index contributed by atoms with van der Waals surface area (Å²) in [5.74, 6) is 2.17. The van der Waals surface area contributed by atoms with Crippen LogP contribution in [0.1, 0.15) is 27.2 Å². The number of piperazine rings is 1. The number of carbonyl (C=O) groups is 2. The van der Waals surface area contributed by atoms with Gasteiger partial charge in [-0.05, 0) is 30.7 Å². The third kappa shape index (κ3) is 6.08. The first-order valence-corrected chi connectivity index (χ1v) is 13.7. The van der Waals surface area contributed by atoms with Crippen LogP contribution in [0.4, 0.5) is 29.1 Å². The van der Waals surface area contributed by atoms with Crippen molar-refractivity contribution in [2.45, 2.75) is 27.2 Å². The Morgan fingerprint density at radius 2 is 1.55 bits per heavy atom. The number of nitrogens with one attached hydrogen (secondary N) is 1. The predicted molar refractivity (Wildman–Crippen MR) is 154 cm³/mol. The average Bonchev–Trinajstić information content (AvgIpc) is 3.15. The molecule has 0 atom stereocenters. The molecule has 13 heteroatoms. The van der Waals surface area contributed by atoms with E-state index in [0.29, 0.717) is 24.9 Å². The van der Waals surface area contributed by atoms with Gasteiger partial charge in [0.2, 0.25) is 23.7 Å². The first-order valence-electron chi connectivity index (χ1n) is 13.7. The Balaban J connectivity index is 1.22. The van der Waals surface area contributed by atoms with Crippen molar-refractivity contribution in [3.05, 3.63) is 36.7 Å². The van der Waals surface area contributed by atoms with Crippen LogP contribution in [0.2, 0.25) is 0 Å². The minimum absolute atomic E-state index is 0.0266. The molecule has 4 heterocycles. The number of benzene rings is 1. The molecule has 0 radical (unpaired) electrons. The van der Waals surface area contributed by atoms with Crippen LogP contribution in [-0.2, 0) is 9.59 Å². The number of hydrogen-bond donors (Lipinski definition) is 2. The maximum Gasteiger partial charge on any atom is 0.248 e. The quantitative estimate of drug-likeness (QED) is 0.469. The van der Waals surface area contributed by atoms with Crippen LogP contribution in [0, 0.1) is 5.92 Å². The van der Waals surface area contributed by atoms with E-state index in [4.69, 9.17) is 5.73 Å². The minimum Gasteiger partial charge on any atom is -0.368 e. The van der Waals surface area contributed by atoms with Gasteiger partial charge >= 0.3 is 0 Å². The van der Waals surface area contributed by atoms with Crippen LogP contribution in [-0.4, -0.2) is 98.7 Å². The molecule has 2 aliphatic heterocycles. The third-order valence-corrected chi connectivity index (χ3v) is 7.33. The van der Waals surface area contributed by atoms with Crippen molar-refractivity contribution in [2.75, 3.05) is 73.2 Å². The lowest BCUT2D eigenvalue weighted by Gasteiger charge is -2.37.